The van der Waals surface area contributed by atoms with Crippen LogP contribution >= 0.6 is 11.3 Å². The van der Waals surface area contributed by atoms with E-state index < -0.39 is 0 Å². The molecule has 2 rings (SSSR count). The monoisotopic (exact) mass is 284 g/mol. The zero-order valence-electron chi connectivity index (χ0n) is 11.9. The molecule has 2 heterocycles. The van der Waals surface area contributed by atoms with Crippen LogP contribution < -0.4 is 5.73 Å². The maximum absolute atomic E-state index is 9.40. The fourth-order valence-electron chi connectivity index (χ4n) is 2.82. The van der Waals surface area contributed by atoms with Gasteiger partial charge in [-0.2, -0.15) is 0 Å². The molecule has 0 saturated carbocycles. The summed E-state index contributed by atoms with van der Waals surface area (Å²) in [5, 5.41) is 11.5. The van der Waals surface area contributed by atoms with Crippen molar-refractivity contribution in [3.05, 3.63) is 21.9 Å². The van der Waals surface area contributed by atoms with E-state index in [4.69, 9.17) is 10.5 Å². The van der Waals surface area contributed by atoms with E-state index in [1.807, 2.05) is 0 Å². The third kappa shape index (κ3) is 3.35. The van der Waals surface area contributed by atoms with Gasteiger partial charge >= 0.3 is 0 Å². The second kappa shape index (κ2) is 5.89. The van der Waals surface area contributed by atoms with Gasteiger partial charge in [0.2, 0.25) is 0 Å². The first-order valence-corrected chi connectivity index (χ1v) is 7.61. The average molecular weight is 284 g/mol. The second-order valence-corrected chi connectivity index (χ2v) is 6.78. The Bertz CT molecular complexity index is 419. The van der Waals surface area contributed by atoms with Crippen LogP contribution in [0.3, 0.4) is 0 Å². The summed E-state index contributed by atoms with van der Waals surface area (Å²) in [5.41, 5.74) is 7.05. The molecule has 0 spiro atoms. The predicted molar refractivity (Wildman–Crippen MR) is 78.5 cm³/mol. The van der Waals surface area contributed by atoms with E-state index in [0.29, 0.717) is 6.54 Å². The molecule has 4 nitrogen and oxygen atoms in total. The highest BCUT2D eigenvalue weighted by Crippen LogP contribution is 2.32. The zero-order valence-corrected chi connectivity index (χ0v) is 12.7. The lowest BCUT2D eigenvalue weighted by Gasteiger charge is -2.45. The molecule has 0 radical (unpaired) electrons. The lowest BCUT2D eigenvalue weighted by Crippen LogP contribution is -2.55. The molecule has 0 amide bonds. The zero-order chi connectivity index (χ0) is 14.0. The number of morpholine rings is 1. The molecular formula is C14H24N2O2S. The maximum atomic E-state index is 9.40. The van der Waals surface area contributed by atoms with E-state index in [-0.39, 0.29) is 24.4 Å². The molecule has 0 bridgehead atoms. The average Bonchev–Trinajstić information content (AvgIpc) is 2.75. The Morgan fingerprint density at radius 2 is 2.37 bits per heavy atom. The normalized spacial score (nSPS) is 25.4. The van der Waals surface area contributed by atoms with Crippen molar-refractivity contribution in [2.75, 3.05) is 26.2 Å². The van der Waals surface area contributed by atoms with Crippen LogP contribution in [0.15, 0.2) is 11.4 Å². The van der Waals surface area contributed by atoms with E-state index in [2.05, 4.69) is 37.1 Å². The van der Waals surface area contributed by atoms with Crippen LogP contribution in [0.5, 0.6) is 0 Å². The lowest BCUT2D eigenvalue weighted by molar-refractivity contribution is -0.156. The van der Waals surface area contributed by atoms with Gasteiger partial charge in [-0.3, -0.25) is 4.90 Å². The van der Waals surface area contributed by atoms with E-state index in [1.165, 1.54) is 10.4 Å². The summed E-state index contributed by atoms with van der Waals surface area (Å²) < 4.78 is 5.87. The Labute approximate surface area is 119 Å². The van der Waals surface area contributed by atoms with Crippen molar-refractivity contribution in [3.63, 3.8) is 0 Å². The van der Waals surface area contributed by atoms with E-state index >= 15 is 0 Å². The molecule has 1 aromatic rings. The molecule has 1 aromatic heterocycles. The quantitative estimate of drug-likeness (QED) is 0.880. The third-order valence-corrected chi connectivity index (χ3v) is 4.70. The summed E-state index contributed by atoms with van der Waals surface area (Å²) in [6.45, 7) is 8.48. The van der Waals surface area contributed by atoms with Crippen LogP contribution in [0, 0.1) is 6.92 Å². The number of aryl methyl sites for hydroxylation is 1. The molecule has 5 heteroatoms. The molecule has 1 fully saturated rings. The number of hydrogen-bond donors (Lipinski definition) is 2. The fourth-order valence-corrected chi connectivity index (χ4v) is 3.90. The summed E-state index contributed by atoms with van der Waals surface area (Å²) in [4.78, 5) is 3.68. The standard InChI is InChI=1S/C14H24N2O2S/c1-10-4-5-19-13(10)12(6-15)16-7-11(8-17)18-14(2,3)9-16/h4-5,11-12,17H,6-9,15H2,1-3H3. The minimum atomic E-state index is -0.246. The summed E-state index contributed by atoms with van der Waals surface area (Å²) in [6, 6.07) is 2.36. The van der Waals surface area contributed by atoms with Gasteiger partial charge in [-0.05, 0) is 37.8 Å². The van der Waals surface area contributed by atoms with Gasteiger partial charge in [-0.25, -0.2) is 0 Å². The second-order valence-electron chi connectivity index (χ2n) is 5.83. The van der Waals surface area contributed by atoms with Crippen molar-refractivity contribution < 1.29 is 9.84 Å². The lowest BCUT2D eigenvalue weighted by atomic mass is 10.0. The number of ether oxygens (including phenoxy) is 1. The molecular weight excluding hydrogens is 260 g/mol. The first-order valence-electron chi connectivity index (χ1n) is 6.73. The van der Waals surface area contributed by atoms with Crippen LogP contribution in [0.2, 0.25) is 0 Å². The smallest absolute Gasteiger partial charge is 0.0940 e. The van der Waals surface area contributed by atoms with Gasteiger partial charge in [0.1, 0.15) is 0 Å². The van der Waals surface area contributed by atoms with Crippen LogP contribution in [-0.4, -0.2) is 48.0 Å². The van der Waals surface area contributed by atoms with Crippen LogP contribution in [0.25, 0.3) is 0 Å². The first-order chi connectivity index (χ1) is 8.96. The van der Waals surface area contributed by atoms with Crippen molar-refractivity contribution in [3.8, 4) is 0 Å². The molecule has 2 unspecified atom stereocenters. The minimum absolute atomic E-state index is 0.0562. The Hall–Kier alpha value is -0.460. The number of hydrogen-bond acceptors (Lipinski definition) is 5. The minimum Gasteiger partial charge on any atom is -0.394 e. The summed E-state index contributed by atoms with van der Waals surface area (Å²) in [7, 11) is 0. The molecule has 1 aliphatic rings. The van der Waals surface area contributed by atoms with Crippen LogP contribution in [0.4, 0.5) is 0 Å². The third-order valence-electron chi connectivity index (χ3n) is 3.58. The van der Waals surface area contributed by atoms with Crippen molar-refractivity contribution in [1.29, 1.82) is 0 Å². The van der Waals surface area contributed by atoms with Crippen molar-refractivity contribution in [2.45, 2.75) is 38.5 Å². The molecule has 3 N–H and O–H groups in total. The highest BCUT2D eigenvalue weighted by atomic mass is 32.1. The van der Waals surface area contributed by atoms with E-state index in [0.717, 1.165) is 13.1 Å². The fraction of sp³-hybridized carbons (Fsp3) is 0.714. The molecule has 108 valence electrons. The van der Waals surface area contributed by atoms with E-state index in [9.17, 15) is 5.11 Å². The number of rotatable bonds is 4. The highest BCUT2D eigenvalue weighted by molar-refractivity contribution is 7.10. The molecule has 19 heavy (non-hydrogen) atoms. The predicted octanol–water partition coefficient (Wildman–Crippen LogP) is 1.53. The summed E-state index contributed by atoms with van der Waals surface area (Å²) in [6.07, 6.45) is -0.127. The molecule has 2 atom stereocenters. The molecule has 1 aliphatic heterocycles. The van der Waals surface area contributed by atoms with Crippen LogP contribution in [0.1, 0.15) is 30.3 Å². The van der Waals surface area contributed by atoms with Gasteiger partial charge in [0.15, 0.2) is 0 Å². The molecule has 0 aliphatic carbocycles. The molecule has 0 aromatic carbocycles. The topological polar surface area (TPSA) is 58.7 Å². The van der Waals surface area contributed by atoms with Gasteiger partial charge < -0.3 is 15.6 Å². The largest absolute Gasteiger partial charge is 0.394 e. The molecule has 1 saturated heterocycles. The number of aliphatic hydroxyl groups is 1. The SMILES string of the molecule is Cc1ccsc1C(CN)N1CC(CO)OC(C)(C)C1. The van der Waals surface area contributed by atoms with Gasteiger partial charge in [0.05, 0.1) is 24.4 Å². The summed E-state index contributed by atoms with van der Waals surface area (Å²) in [5.74, 6) is 0. The van der Waals surface area contributed by atoms with Crippen molar-refractivity contribution >= 4 is 11.3 Å². The highest BCUT2D eigenvalue weighted by Gasteiger charge is 2.36. The van der Waals surface area contributed by atoms with Crippen molar-refractivity contribution in [1.82, 2.24) is 4.90 Å². The Balaban J connectivity index is 2.20. The van der Waals surface area contributed by atoms with E-state index in [1.54, 1.807) is 11.3 Å². The van der Waals surface area contributed by atoms with Crippen molar-refractivity contribution in [2.24, 2.45) is 5.73 Å². The number of aliphatic hydroxyl groups excluding tert-OH is 1. The Morgan fingerprint density at radius 3 is 2.89 bits per heavy atom. The number of nitrogens with two attached hydrogens (primary N) is 1. The maximum Gasteiger partial charge on any atom is 0.0940 e. The first kappa shape index (κ1) is 14.9. The number of nitrogens with zero attached hydrogens (tertiary/aromatic N) is 1. The van der Waals surface area contributed by atoms with Gasteiger partial charge in [0, 0.05) is 24.5 Å². The van der Waals surface area contributed by atoms with Crippen LogP contribution in [-0.2, 0) is 4.74 Å². The Morgan fingerprint density at radius 1 is 1.63 bits per heavy atom. The van der Waals surface area contributed by atoms with Gasteiger partial charge in [-0.1, -0.05) is 0 Å². The summed E-state index contributed by atoms with van der Waals surface area (Å²) >= 11 is 1.76. The number of thiophene rings is 1. The Kier molecular flexibility index (Phi) is 4.63. The van der Waals surface area contributed by atoms with Gasteiger partial charge in [0.25, 0.3) is 0 Å². The van der Waals surface area contributed by atoms with Gasteiger partial charge in [-0.15, -0.1) is 11.3 Å².